The highest BCUT2D eigenvalue weighted by molar-refractivity contribution is 7.89. The lowest BCUT2D eigenvalue weighted by atomic mass is 10.1. The van der Waals surface area contributed by atoms with Crippen molar-refractivity contribution in [2.75, 3.05) is 21.3 Å². The van der Waals surface area contributed by atoms with Crippen molar-refractivity contribution in [2.24, 2.45) is 0 Å². The highest BCUT2D eigenvalue weighted by atomic mass is 32.2. The van der Waals surface area contributed by atoms with Gasteiger partial charge in [0.2, 0.25) is 10.0 Å². The summed E-state index contributed by atoms with van der Waals surface area (Å²) in [6.07, 6.45) is 0. The quantitative estimate of drug-likeness (QED) is 0.538. The maximum absolute atomic E-state index is 12.6. The van der Waals surface area contributed by atoms with Crippen molar-refractivity contribution in [3.63, 3.8) is 0 Å². The molecule has 2 aromatic rings. The Morgan fingerprint density at radius 1 is 1.04 bits per heavy atom. The van der Waals surface area contributed by atoms with Gasteiger partial charge in [0.1, 0.15) is 5.75 Å². The van der Waals surface area contributed by atoms with Crippen LogP contribution >= 0.6 is 0 Å². The molecule has 2 aromatic carbocycles. The number of nitrogens with zero attached hydrogens (tertiary/aromatic N) is 1. The summed E-state index contributed by atoms with van der Waals surface area (Å²) in [4.78, 5) is 10.3. The monoisotopic (exact) mass is 396 g/mol. The van der Waals surface area contributed by atoms with E-state index in [1.165, 1.54) is 46.5 Å². The van der Waals surface area contributed by atoms with E-state index in [2.05, 4.69) is 4.72 Å². The van der Waals surface area contributed by atoms with Gasteiger partial charge in [-0.25, -0.2) is 13.1 Å². The number of sulfonamides is 1. The van der Waals surface area contributed by atoms with Gasteiger partial charge in [-0.3, -0.25) is 10.1 Å². The first-order chi connectivity index (χ1) is 12.7. The molecule has 10 heteroatoms. The van der Waals surface area contributed by atoms with Crippen LogP contribution in [0.5, 0.6) is 17.2 Å². The average Bonchev–Trinajstić information content (AvgIpc) is 2.65. The minimum absolute atomic E-state index is 0.0641. The Hall–Kier alpha value is -2.85. The maximum Gasteiger partial charge on any atom is 0.273 e. The van der Waals surface area contributed by atoms with E-state index in [0.717, 1.165) is 0 Å². The SMILES string of the molecule is COc1cc(OC)c(OC)cc1CNS(=O)(=O)c1cccc([N+](=O)[O-])c1C. The van der Waals surface area contributed by atoms with Gasteiger partial charge < -0.3 is 14.2 Å². The summed E-state index contributed by atoms with van der Waals surface area (Å²) >= 11 is 0. The number of methoxy groups -OCH3 is 3. The molecule has 0 amide bonds. The first kappa shape index (κ1) is 20.5. The van der Waals surface area contributed by atoms with Crippen molar-refractivity contribution < 1.29 is 27.6 Å². The molecule has 0 saturated carbocycles. The molecule has 1 N–H and O–H groups in total. The van der Waals surface area contributed by atoms with Gasteiger partial charge in [0.15, 0.2) is 11.5 Å². The van der Waals surface area contributed by atoms with Crippen molar-refractivity contribution in [3.8, 4) is 17.2 Å². The summed E-state index contributed by atoms with van der Waals surface area (Å²) in [6.45, 7) is 1.29. The molecule has 0 heterocycles. The summed E-state index contributed by atoms with van der Waals surface area (Å²) < 4.78 is 43.4. The van der Waals surface area contributed by atoms with E-state index in [0.29, 0.717) is 22.8 Å². The Labute approximate surface area is 157 Å². The smallest absolute Gasteiger partial charge is 0.273 e. The minimum Gasteiger partial charge on any atom is -0.496 e. The third-order valence-electron chi connectivity index (χ3n) is 3.98. The lowest BCUT2D eigenvalue weighted by molar-refractivity contribution is -0.385. The van der Waals surface area contributed by atoms with Gasteiger partial charge in [-0.1, -0.05) is 6.07 Å². The average molecular weight is 396 g/mol. The third-order valence-corrected chi connectivity index (χ3v) is 5.53. The van der Waals surface area contributed by atoms with Crippen LogP contribution in [-0.2, 0) is 16.6 Å². The molecule has 0 aliphatic carbocycles. The van der Waals surface area contributed by atoms with Gasteiger partial charge in [-0.15, -0.1) is 0 Å². The van der Waals surface area contributed by atoms with Crippen molar-refractivity contribution in [1.29, 1.82) is 0 Å². The summed E-state index contributed by atoms with van der Waals surface area (Å²) in [5, 5.41) is 11.0. The molecule has 0 aliphatic rings. The second kappa shape index (κ2) is 8.23. The van der Waals surface area contributed by atoms with Crippen molar-refractivity contribution in [3.05, 3.63) is 51.6 Å². The van der Waals surface area contributed by atoms with Crippen LogP contribution in [0.3, 0.4) is 0 Å². The molecule has 0 fully saturated rings. The summed E-state index contributed by atoms with van der Waals surface area (Å²) in [5.41, 5.74) is 0.317. The number of benzene rings is 2. The van der Waals surface area contributed by atoms with E-state index < -0.39 is 14.9 Å². The molecule has 0 bridgehead atoms. The molecule has 0 aliphatic heterocycles. The van der Waals surface area contributed by atoms with Crippen LogP contribution in [0.2, 0.25) is 0 Å². The first-order valence-corrected chi connectivity index (χ1v) is 9.26. The Morgan fingerprint density at radius 2 is 1.63 bits per heavy atom. The molecular weight excluding hydrogens is 376 g/mol. The molecule has 0 aromatic heterocycles. The van der Waals surface area contributed by atoms with Gasteiger partial charge in [0.05, 0.1) is 31.1 Å². The third kappa shape index (κ3) is 4.29. The van der Waals surface area contributed by atoms with Gasteiger partial charge >= 0.3 is 0 Å². The molecule has 0 saturated heterocycles. The molecule has 27 heavy (non-hydrogen) atoms. The van der Waals surface area contributed by atoms with E-state index >= 15 is 0 Å². The number of rotatable bonds is 8. The number of hydrogen-bond acceptors (Lipinski definition) is 7. The maximum atomic E-state index is 12.6. The second-order valence-electron chi connectivity index (χ2n) is 5.50. The lowest BCUT2D eigenvalue weighted by Crippen LogP contribution is -2.24. The predicted molar refractivity (Wildman–Crippen MR) is 98.0 cm³/mol. The molecule has 9 nitrogen and oxygen atoms in total. The highest BCUT2D eigenvalue weighted by Gasteiger charge is 2.23. The number of ether oxygens (including phenoxy) is 3. The first-order valence-electron chi connectivity index (χ1n) is 7.77. The summed E-state index contributed by atoms with van der Waals surface area (Å²) in [7, 11) is 0.401. The Balaban J connectivity index is 2.36. The van der Waals surface area contributed by atoms with Gasteiger partial charge in [0, 0.05) is 29.8 Å². The van der Waals surface area contributed by atoms with Gasteiger partial charge in [-0.05, 0) is 19.1 Å². The fourth-order valence-corrected chi connectivity index (χ4v) is 3.84. The van der Waals surface area contributed by atoms with E-state index in [1.807, 2.05) is 0 Å². The molecule has 2 rings (SSSR count). The second-order valence-corrected chi connectivity index (χ2v) is 7.24. The zero-order valence-electron chi connectivity index (χ0n) is 15.3. The van der Waals surface area contributed by atoms with Crippen LogP contribution in [0, 0.1) is 17.0 Å². The van der Waals surface area contributed by atoms with Crippen LogP contribution in [-0.4, -0.2) is 34.7 Å². The van der Waals surface area contributed by atoms with E-state index in [4.69, 9.17) is 14.2 Å². The van der Waals surface area contributed by atoms with Crippen LogP contribution in [0.25, 0.3) is 0 Å². The van der Waals surface area contributed by atoms with Crippen LogP contribution in [0.4, 0.5) is 5.69 Å². The molecular formula is C17H20N2O7S. The van der Waals surface area contributed by atoms with Crippen molar-refractivity contribution in [2.45, 2.75) is 18.4 Å². The largest absolute Gasteiger partial charge is 0.496 e. The fourth-order valence-electron chi connectivity index (χ4n) is 2.57. The zero-order chi connectivity index (χ0) is 20.2. The lowest BCUT2D eigenvalue weighted by Gasteiger charge is -2.15. The Morgan fingerprint density at radius 3 is 2.19 bits per heavy atom. The summed E-state index contributed by atoms with van der Waals surface area (Å²) in [6, 6.07) is 7.08. The molecule has 0 spiro atoms. The molecule has 0 unspecified atom stereocenters. The molecule has 0 atom stereocenters. The minimum atomic E-state index is -3.99. The highest BCUT2D eigenvalue weighted by Crippen LogP contribution is 2.35. The fraction of sp³-hybridized carbons (Fsp3) is 0.294. The number of nitro benzene ring substituents is 1. The van der Waals surface area contributed by atoms with Crippen molar-refractivity contribution >= 4 is 15.7 Å². The van der Waals surface area contributed by atoms with E-state index in [9.17, 15) is 18.5 Å². The van der Waals surface area contributed by atoms with E-state index in [-0.39, 0.29) is 22.7 Å². The Kier molecular flexibility index (Phi) is 6.24. The Bertz CT molecular complexity index is 958. The van der Waals surface area contributed by atoms with E-state index in [1.54, 1.807) is 12.1 Å². The zero-order valence-corrected chi connectivity index (χ0v) is 16.1. The summed E-state index contributed by atoms with van der Waals surface area (Å²) in [5.74, 6) is 1.26. The standard InChI is InChI=1S/C17H20N2O7S/c1-11-13(19(20)21)6-5-7-17(11)27(22,23)18-10-12-8-15(25-3)16(26-4)9-14(12)24-2/h5-9,18H,10H2,1-4H3. The van der Waals surface area contributed by atoms with Crippen LogP contribution < -0.4 is 18.9 Å². The molecule has 146 valence electrons. The predicted octanol–water partition coefficient (Wildman–Crippen LogP) is 2.41. The number of hydrogen-bond donors (Lipinski definition) is 1. The molecule has 0 radical (unpaired) electrons. The van der Waals surface area contributed by atoms with Crippen molar-refractivity contribution in [1.82, 2.24) is 4.72 Å². The van der Waals surface area contributed by atoms with Crippen LogP contribution in [0.15, 0.2) is 35.2 Å². The van der Waals surface area contributed by atoms with Gasteiger partial charge in [-0.2, -0.15) is 0 Å². The normalized spacial score (nSPS) is 11.1. The number of nitro groups is 1. The van der Waals surface area contributed by atoms with Gasteiger partial charge in [0.25, 0.3) is 5.69 Å². The number of nitrogens with one attached hydrogen (secondary N) is 1. The topological polar surface area (TPSA) is 117 Å². The van der Waals surface area contributed by atoms with Crippen LogP contribution in [0.1, 0.15) is 11.1 Å².